The quantitative estimate of drug-likeness (QED) is 0.554. The highest BCUT2D eigenvalue weighted by atomic mass is 32.2. The predicted octanol–water partition coefficient (Wildman–Crippen LogP) is -0.469. The van der Waals surface area contributed by atoms with Crippen LogP contribution in [0.3, 0.4) is 0 Å². The Bertz CT molecular complexity index is 483. The fourth-order valence-corrected chi connectivity index (χ4v) is 3.17. The number of sulfonamides is 1. The SMILES string of the molecule is CC(=O)NCCN(C(C)C(=O)O)S(=O)(=O)CCCC#N. The van der Waals surface area contributed by atoms with Crippen molar-refractivity contribution in [1.82, 2.24) is 9.62 Å². The van der Waals surface area contributed by atoms with Crippen molar-refractivity contribution in [2.45, 2.75) is 32.7 Å². The van der Waals surface area contributed by atoms with Gasteiger partial charge in [0.2, 0.25) is 15.9 Å². The Balaban J connectivity index is 4.86. The van der Waals surface area contributed by atoms with Gasteiger partial charge in [0.05, 0.1) is 11.8 Å². The van der Waals surface area contributed by atoms with Gasteiger partial charge in [0.1, 0.15) is 6.04 Å². The fraction of sp³-hybridized carbons (Fsp3) is 0.727. The number of nitriles is 1. The molecule has 0 aliphatic rings. The molecule has 0 rings (SSSR count). The number of carboxylic acids is 1. The minimum absolute atomic E-state index is 0.0322. The molecule has 1 amide bonds. The molecule has 114 valence electrons. The van der Waals surface area contributed by atoms with Crippen LogP contribution in [0.5, 0.6) is 0 Å². The van der Waals surface area contributed by atoms with Gasteiger partial charge in [0.15, 0.2) is 0 Å². The average Bonchev–Trinajstić information content (AvgIpc) is 2.33. The van der Waals surface area contributed by atoms with E-state index < -0.39 is 22.0 Å². The first-order chi connectivity index (χ1) is 9.22. The van der Waals surface area contributed by atoms with E-state index in [2.05, 4.69) is 5.32 Å². The molecular formula is C11H19N3O5S. The summed E-state index contributed by atoms with van der Waals surface area (Å²) in [5, 5.41) is 19.8. The molecule has 0 spiro atoms. The minimum Gasteiger partial charge on any atom is -0.480 e. The molecule has 0 aliphatic heterocycles. The van der Waals surface area contributed by atoms with Crippen molar-refractivity contribution in [3.63, 3.8) is 0 Å². The van der Waals surface area contributed by atoms with Gasteiger partial charge in [-0.15, -0.1) is 0 Å². The Kier molecular flexibility index (Phi) is 7.79. The second kappa shape index (κ2) is 8.50. The maximum absolute atomic E-state index is 12.1. The third-order valence-electron chi connectivity index (χ3n) is 2.54. The van der Waals surface area contributed by atoms with Gasteiger partial charge in [-0.05, 0) is 13.3 Å². The first kappa shape index (κ1) is 18.3. The first-order valence-corrected chi connectivity index (χ1v) is 7.67. The Hall–Kier alpha value is -1.66. The van der Waals surface area contributed by atoms with Crippen LogP contribution in [0.15, 0.2) is 0 Å². The van der Waals surface area contributed by atoms with Gasteiger partial charge in [-0.2, -0.15) is 9.57 Å². The highest BCUT2D eigenvalue weighted by Crippen LogP contribution is 2.10. The third-order valence-corrected chi connectivity index (χ3v) is 4.56. The molecule has 1 unspecified atom stereocenters. The zero-order valence-corrected chi connectivity index (χ0v) is 12.3. The molecule has 9 heteroatoms. The Morgan fingerprint density at radius 3 is 2.50 bits per heavy atom. The summed E-state index contributed by atoms with van der Waals surface area (Å²) in [6.45, 7) is 2.46. The number of hydrogen-bond acceptors (Lipinski definition) is 5. The lowest BCUT2D eigenvalue weighted by Gasteiger charge is -2.25. The molecule has 0 aromatic rings. The van der Waals surface area contributed by atoms with E-state index in [1.54, 1.807) is 0 Å². The first-order valence-electron chi connectivity index (χ1n) is 6.06. The lowest BCUT2D eigenvalue weighted by Crippen LogP contribution is -2.47. The van der Waals surface area contributed by atoms with Crippen LogP contribution in [0.4, 0.5) is 0 Å². The highest BCUT2D eigenvalue weighted by Gasteiger charge is 2.30. The van der Waals surface area contributed by atoms with Gasteiger partial charge in [-0.3, -0.25) is 9.59 Å². The minimum atomic E-state index is -3.79. The topological polar surface area (TPSA) is 128 Å². The summed E-state index contributed by atoms with van der Waals surface area (Å²) in [4.78, 5) is 21.7. The number of nitrogens with one attached hydrogen (secondary N) is 1. The molecule has 0 saturated carbocycles. The van der Waals surface area contributed by atoms with Crippen molar-refractivity contribution < 1.29 is 23.1 Å². The van der Waals surface area contributed by atoms with E-state index in [0.29, 0.717) is 0 Å². The fourth-order valence-electron chi connectivity index (χ4n) is 1.49. The zero-order valence-electron chi connectivity index (χ0n) is 11.5. The molecule has 0 saturated heterocycles. The van der Waals surface area contributed by atoms with E-state index in [9.17, 15) is 18.0 Å². The van der Waals surface area contributed by atoms with Crippen molar-refractivity contribution in [2.75, 3.05) is 18.8 Å². The van der Waals surface area contributed by atoms with Gasteiger partial charge in [0.25, 0.3) is 0 Å². The summed E-state index contributed by atoms with van der Waals surface area (Å²) in [5.41, 5.74) is 0. The van der Waals surface area contributed by atoms with Crippen LogP contribution in [0.25, 0.3) is 0 Å². The summed E-state index contributed by atoms with van der Waals surface area (Å²) in [6.07, 6.45) is 0.224. The largest absolute Gasteiger partial charge is 0.480 e. The van der Waals surface area contributed by atoms with E-state index in [0.717, 1.165) is 4.31 Å². The maximum atomic E-state index is 12.1. The lowest BCUT2D eigenvalue weighted by atomic mass is 10.3. The van der Waals surface area contributed by atoms with Crippen molar-refractivity contribution in [2.24, 2.45) is 0 Å². The summed E-state index contributed by atoms with van der Waals surface area (Å²) in [7, 11) is -3.79. The molecule has 0 heterocycles. The van der Waals surface area contributed by atoms with Gasteiger partial charge < -0.3 is 10.4 Å². The normalized spacial score (nSPS) is 12.7. The summed E-state index contributed by atoms with van der Waals surface area (Å²) >= 11 is 0. The van der Waals surface area contributed by atoms with Crippen LogP contribution in [0, 0.1) is 11.3 Å². The molecule has 1 atom stereocenters. The van der Waals surface area contributed by atoms with Crippen molar-refractivity contribution in [3.05, 3.63) is 0 Å². The van der Waals surface area contributed by atoms with E-state index in [1.165, 1.54) is 13.8 Å². The summed E-state index contributed by atoms with van der Waals surface area (Å²) < 4.78 is 25.0. The molecule has 0 aromatic carbocycles. The van der Waals surface area contributed by atoms with E-state index in [4.69, 9.17) is 10.4 Å². The van der Waals surface area contributed by atoms with Crippen LogP contribution in [-0.2, 0) is 19.6 Å². The second-order valence-electron chi connectivity index (χ2n) is 4.19. The Labute approximate surface area is 118 Å². The van der Waals surface area contributed by atoms with Crippen molar-refractivity contribution in [1.29, 1.82) is 5.26 Å². The molecule has 20 heavy (non-hydrogen) atoms. The molecule has 0 aliphatic carbocycles. The number of rotatable bonds is 9. The highest BCUT2D eigenvalue weighted by molar-refractivity contribution is 7.89. The number of carbonyl (C=O) groups excluding carboxylic acids is 1. The number of carboxylic acid groups (broad SMARTS) is 1. The Morgan fingerprint density at radius 1 is 1.45 bits per heavy atom. The summed E-state index contributed by atoms with van der Waals surface area (Å²) in [5.74, 6) is -1.88. The number of aliphatic carboxylic acids is 1. The van der Waals surface area contributed by atoms with Gasteiger partial charge in [0, 0.05) is 26.4 Å². The van der Waals surface area contributed by atoms with E-state index in [1.807, 2.05) is 6.07 Å². The smallest absolute Gasteiger partial charge is 0.321 e. The number of amides is 1. The molecule has 0 radical (unpaired) electrons. The van der Waals surface area contributed by atoms with Crippen LogP contribution < -0.4 is 5.32 Å². The monoisotopic (exact) mass is 305 g/mol. The zero-order chi connectivity index (χ0) is 15.8. The molecule has 0 bridgehead atoms. The van der Waals surface area contributed by atoms with Crippen LogP contribution in [0.2, 0.25) is 0 Å². The molecule has 0 aromatic heterocycles. The van der Waals surface area contributed by atoms with Gasteiger partial charge >= 0.3 is 5.97 Å². The van der Waals surface area contributed by atoms with E-state index >= 15 is 0 Å². The Morgan fingerprint density at radius 2 is 2.05 bits per heavy atom. The molecular weight excluding hydrogens is 286 g/mol. The lowest BCUT2D eigenvalue weighted by molar-refractivity contribution is -0.140. The van der Waals surface area contributed by atoms with Crippen LogP contribution in [0.1, 0.15) is 26.7 Å². The number of carbonyl (C=O) groups is 2. The maximum Gasteiger partial charge on any atom is 0.321 e. The predicted molar refractivity (Wildman–Crippen MR) is 71.1 cm³/mol. The van der Waals surface area contributed by atoms with Crippen molar-refractivity contribution in [3.8, 4) is 6.07 Å². The number of hydrogen-bond donors (Lipinski definition) is 2. The second-order valence-corrected chi connectivity index (χ2v) is 6.23. The summed E-state index contributed by atoms with van der Waals surface area (Å²) in [6, 6.07) is 0.607. The van der Waals surface area contributed by atoms with Crippen molar-refractivity contribution >= 4 is 21.9 Å². The molecule has 8 nitrogen and oxygen atoms in total. The third kappa shape index (κ3) is 6.49. The van der Waals surface area contributed by atoms with Crippen LogP contribution in [-0.4, -0.2) is 54.6 Å². The molecule has 0 fully saturated rings. The van der Waals surface area contributed by atoms with Crippen LogP contribution >= 0.6 is 0 Å². The van der Waals surface area contributed by atoms with Gasteiger partial charge in [-0.25, -0.2) is 8.42 Å². The number of nitrogens with zero attached hydrogens (tertiary/aromatic N) is 2. The number of unbranched alkanes of at least 4 members (excludes halogenated alkanes) is 1. The standard InChI is InChI=1S/C11H19N3O5S/c1-9(11(16)17)14(7-6-13-10(2)15)20(18,19)8-4-3-5-12/h9H,3-4,6-8H2,1-2H3,(H,13,15)(H,16,17). The van der Waals surface area contributed by atoms with Gasteiger partial charge in [-0.1, -0.05) is 0 Å². The average molecular weight is 305 g/mol. The van der Waals surface area contributed by atoms with E-state index in [-0.39, 0.29) is 37.6 Å². The molecule has 2 N–H and O–H groups in total.